The van der Waals surface area contributed by atoms with Crippen molar-refractivity contribution in [3.8, 4) is 11.5 Å². The molecule has 0 radical (unpaired) electrons. The zero-order valence-corrected chi connectivity index (χ0v) is 22.3. The van der Waals surface area contributed by atoms with Gasteiger partial charge >= 0.3 is 10.1 Å². The fourth-order valence-electron chi connectivity index (χ4n) is 4.21. The molecule has 0 saturated carbocycles. The van der Waals surface area contributed by atoms with Gasteiger partial charge in [0, 0.05) is 10.8 Å². The molecular weight excluding hydrogens is 436 g/mol. The first kappa shape index (κ1) is 26.9. The number of Topliss-reactive ketones (excluding diaryl/α,β-unsaturated/α-hetero) is 1. The van der Waals surface area contributed by atoms with Crippen LogP contribution in [0.15, 0.2) is 30.3 Å². The van der Waals surface area contributed by atoms with Crippen LogP contribution in [-0.2, 0) is 20.3 Å². The van der Waals surface area contributed by atoms with E-state index in [0.717, 1.165) is 46.9 Å². The van der Waals surface area contributed by atoms with Crippen molar-refractivity contribution in [1.29, 1.82) is 0 Å². The Kier molecular flexibility index (Phi) is 8.06. The van der Waals surface area contributed by atoms with Crippen molar-refractivity contribution in [2.75, 3.05) is 12.9 Å². The maximum atomic E-state index is 12.3. The van der Waals surface area contributed by atoms with Crippen LogP contribution in [0.1, 0.15) is 75.3 Å². The fraction of sp³-hybridized carbons (Fsp3) is 0.519. The molecule has 2 rings (SSSR count). The summed E-state index contributed by atoms with van der Waals surface area (Å²) in [4.78, 5) is 12.3. The molecule has 0 heterocycles. The van der Waals surface area contributed by atoms with Crippen molar-refractivity contribution >= 4 is 15.9 Å². The van der Waals surface area contributed by atoms with Crippen molar-refractivity contribution in [3.63, 3.8) is 0 Å². The van der Waals surface area contributed by atoms with Gasteiger partial charge in [0.2, 0.25) is 0 Å². The summed E-state index contributed by atoms with van der Waals surface area (Å²) >= 11 is 0. The second-order valence-electron chi connectivity index (χ2n) is 9.96. The predicted octanol–water partition coefficient (Wildman–Crippen LogP) is 6.05. The Balaban J connectivity index is 2.47. The number of benzene rings is 2. The summed E-state index contributed by atoms with van der Waals surface area (Å²) in [6.45, 7) is 15.8. The number of rotatable bonds is 9. The quantitative estimate of drug-likeness (QED) is 0.414. The number of ketones is 1. The number of aryl methyl sites for hydroxylation is 3. The highest BCUT2D eigenvalue weighted by Crippen LogP contribution is 2.42. The first-order valence-corrected chi connectivity index (χ1v) is 13.2. The van der Waals surface area contributed by atoms with Gasteiger partial charge in [-0.2, -0.15) is 8.42 Å². The van der Waals surface area contributed by atoms with E-state index >= 15 is 0 Å². The van der Waals surface area contributed by atoms with Crippen LogP contribution in [0.3, 0.4) is 0 Å². The molecule has 0 N–H and O–H groups in total. The predicted molar refractivity (Wildman–Crippen MR) is 134 cm³/mol. The first-order chi connectivity index (χ1) is 15.1. The van der Waals surface area contributed by atoms with E-state index in [4.69, 9.17) is 8.92 Å². The molecule has 0 aromatic heterocycles. The smallest absolute Gasteiger partial charge is 0.306 e. The molecule has 0 unspecified atom stereocenters. The van der Waals surface area contributed by atoms with E-state index in [1.54, 1.807) is 0 Å². The number of hydrogen-bond acceptors (Lipinski definition) is 5. The van der Waals surface area contributed by atoms with E-state index in [1.165, 1.54) is 0 Å². The van der Waals surface area contributed by atoms with Crippen molar-refractivity contribution in [2.24, 2.45) is 5.41 Å². The molecule has 0 aliphatic heterocycles. The molecule has 0 aliphatic rings. The molecule has 33 heavy (non-hydrogen) atoms. The summed E-state index contributed by atoms with van der Waals surface area (Å²) in [6.07, 6.45) is 2.80. The van der Waals surface area contributed by atoms with Gasteiger partial charge in [0.15, 0.2) is 5.78 Å². The van der Waals surface area contributed by atoms with E-state index in [9.17, 15) is 13.2 Å². The summed E-state index contributed by atoms with van der Waals surface area (Å²) in [5, 5.41) is 0. The van der Waals surface area contributed by atoms with E-state index < -0.39 is 15.5 Å². The van der Waals surface area contributed by atoms with Crippen molar-refractivity contribution in [2.45, 2.75) is 73.6 Å². The Morgan fingerprint density at radius 3 is 1.82 bits per heavy atom. The lowest BCUT2D eigenvalue weighted by atomic mass is 9.69. The summed E-state index contributed by atoms with van der Waals surface area (Å²) in [7, 11) is -3.60. The van der Waals surface area contributed by atoms with Gasteiger partial charge < -0.3 is 8.92 Å². The number of hydrogen-bond donors (Lipinski definition) is 0. The van der Waals surface area contributed by atoms with E-state index in [1.807, 2.05) is 59.7 Å². The van der Waals surface area contributed by atoms with Gasteiger partial charge in [0.1, 0.15) is 18.1 Å². The van der Waals surface area contributed by atoms with Gasteiger partial charge in [0.05, 0.1) is 6.26 Å². The summed E-state index contributed by atoms with van der Waals surface area (Å²) in [5.74, 6) is 1.16. The summed E-state index contributed by atoms with van der Waals surface area (Å²) in [5.41, 5.74) is 4.17. The lowest BCUT2D eigenvalue weighted by Gasteiger charge is -2.34. The molecule has 5 nitrogen and oxygen atoms in total. The fourth-order valence-corrected chi connectivity index (χ4v) is 4.78. The lowest BCUT2D eigenvalue weighted by Crippen LogP contribution is -2.27. The van der Waals surface area contributed by atoms with Crippen LogP contribution in [-0.4, -0.2) is 27.1 Å². The molecule has 0 atom stereocenters. The molecule has 2 aromatic rings. The van der Waals surface area contributed by atoms with Crippen molar-refractivity contribution in [3.05, 3.63) is 58.1 Å². The number of ether oxygens (including phenoxy) is 1. The SMILES string of the molecule is CCC(CC)(c1ccc(OCC(=O)C(C)(C)C)c(C)c1)c1cc(C)c(OS(C)(=O)=O)c(C)c1. The lowest BCUT2D eigenvalue weighted by molar-refractivity contribution is -0.128. The van der Waals surface area contributed by atoms with Gasteiger partial charge in [0.25, 0.3) is 0 Å². The Hall–Kier alpha value is -2.34. The molecular formula is C27H38O5S. The number of carbonyl (C=O) groups excluding carboxylic acids is 1. The molecule has 2 aromatic carbocycles. The zero-order chi connectivity index (χ0) is 25.2. The van der Waals surface area contributed by atoms with Crippen LogP contribution in [0.2, 0.25) is 0 Å². The van der Waals surface area contributed by atoms with Gasteiger partial charge in [-0.05, 0) is 67.5 Å². The van der Waals surface area contributed by atoms with Crippen LogP contribution in [0.4, 0.5) is 0 Å². The van der Waals surface area contributed by atoms with Crippen LogP contribution in [0.25, 0.3) is 0 Å². The van der Waals surface area contributed by atoms with Crippen LogP contribution in [0, 0.1) is 26.2 Å². The van der Waals surface area contributed by atoms with Crippen LogP contribution in [0.5, 0.6) is 11.5 Å². The second kappa shape index (κ2) is 9.88. The van der Waals surface area contributed by atoms with E-state index in [0.29, 0.717) is 11.5 Å². The molecule has 0 saturated heterocycles. The van der Waals surface area contributed by atoms with Gasteiger partial charge in [-0.3, -0.25) is 4.79 Å². The molecule has 0 spiro atoms. The molecule has 0 aliphatic carbocycles. The first-order valence-electron chi connectivity index (χ1n) is 11.4. The topological polar surface area (TPSA) is 69.7 Å². The Labute approximate surface area is 199 Å². The molecule has 0 fully saturated rings. The van der Waals surface area contributed by atoms with Crippen LogP contribution < -0.4 is 8.92 Å². The Morgan fingerprint density at radius 2 is 1.39 bits per heavy atom. The molecule has 0 bridgehead atoms. The van der Waals surface area contributed by atoms with E-state index in [-0.39, 0.29) is 17.8 Å². The molecule has 182 valence electrons. The second-order valence-corrected chi connectivity index (χ2v) is 11.5. The highest BCUT2D eigenvalue weighted by atomic mass is 32.2. The third-order valence-electron chi connectivity index (χ3n) is 6.38. The minimum Gasteiger partial charge on any atom is -0.486 e. The van der Waals surface area contributed by atoms with Crippen molar-refractivity contribution in [1.82, 2.24) is 0 Å². The van der Waals surface area contributed by atoms with Gasteiger partial charge in [-0.1, -0.05) is 58.9 Å². The van der Waals surface area contributed by atoms with Crippen molar-refractivity contribution < 1.29 is 22.1 Å². The minimum absolute atomic E-state index is 0.0522. The van der Waals surface area contributed by atoms with Gasteiger partial charge in [-0.15, -0.1) is 0 Å². The minimum atomic E-state index is -3.60. The average Bonchev–Trinajstić information content (AvgIpc) is 2.70. The zero-order valence-electron chi connectivity index (χ0n) is 21.5. The number of carbonyl (C=O) groups is 1. The highest BCUT2D eigenvalue weighted by molar-refractivity contribution is 7.86. The maximum absolute atomic E-state index is 12.3. The van der Waals surface area contributed by atoms with E-state index in [2.05, 4.69) is 26.0 Å². The molecule has 0 amide bonds. The highest BCUT2D eigenvalue weighted by Gasteiger charge is 2.32. The molecule has 6 heteroatoms. The Bertz CT molecular complexity index is 1100. The third-order valence-corrected chi connectivity index (χ3v) is 6.85. The third kappa shape index (κ3) is 6.17. The monoisotopic (exact) mass is 474 g/mol. The maximum Gasteiger partial charge on any atom is 0.306 e. The Morgan fingerprint density at radius 1 is 0.879 bits per heavy atom. The summed E-state index contributed by atoms with van der Waals surface area (Å²) in [6, 6.07) is 10.2. The largest absolute Gasteiger partial charge is 0.486 e. The standard InChI is InChI=1S/C27H38O5S/c1-10-27(11-2,22-15-19(4)25(20(5)16-22)32-33(9,29)30)21-12-13-23(18(3)14-21)31-17-24(28)26(6,7)8/h12-16H,10-11,17H2,1-9H3. The summed E-state index contributed by atoms with van der Waals surface area (Å²) < 4.78 is 34.5. The normalized spacial score (nSPS) is 12.5. The van der Waals surface area contributed by atoms with Crippen LogP contribution >= 0.6 is 0 Å². The average molecular weight is 475 g/mol. The van der Waals surface area contributed by atoms with Gasteiger partial charge in [-0.25, -0.2) is 0 Å².